The fourth-order valence-corrected chi connectivity index (χ4v) is 2.96. The van der Waals surface area contributed by atoms with E-state index in [0.717, 1.165) is 22.3 Å². The number of benzene rings is 3. The number of hydrogen-bond donors (Lipinski definition) is 0. The molecule has 1 heterocycles. The second kappa shape index (κ2) is 4.95. The van der Waals surface area contributed by atoms with Gasteiger partial charge in [-0.2, -0.15) is 0 Å². The van der Waals surface area contributed by atoms with Crippen molar-refractivity contribution < 1.29 is 19.1 Å². The van der Waals surface area contributed by atoms with E-state index in [4.69, 9.17) is 9.47 Å². The summed E-state index contributed by atoms with van der Waals surface area (Å²) in [5.74, 6) is -0.466. The molecule has 0 N–H and O–H groups in total. The third kappa shape index (κ3) is 1.99. The standard InChI is InChI=1S/C19H12O4/c1-22-13-8-5-11(6-9-13)14-10-7-12-3-2-4-15-16(12)17(14)19(21)23-18(15)20/h2-10H,1H3. The third-order valence-electron chi connectivity index (χ3n) is 4.06. The summed E-state index contributed by atoms with van der Waals surface area (Å²) in [5.41, 5.74) is 2.46. The largest absolute Gasteiger partial charge is 0.497 e. The number of ether oxygens (including phenoxy) is 2. The van der Waals surface area contributed by atoms with Gasteiger partial charge in [0.25, 0.3) is 0 Å². The Kier molecular flexibility index (Phi) is 2.91. The zero-order valence-electron chi connectivity index (χ0n) is 12.3. The van der Waals surface area contributed by atoms with E-state index in [1.165, 1.54) is 0 Å². The number of cyclic esters (lactones) is 2. The van der Waals surface area contributed by atoms with Gasteiger partial charge in [0.2, 0.25) is 0 Å². The summed E-state index contributed by atoms with van der Waals surface area (Å²) in [5, 5.41) is 1.50. The van der Waals surface area contributed by atoms with Gasteiger partial charge < -0.3 is 9.47 Å². The average molecular weight is 304 g/mol. The molecule has 0 aromatic heterocycles. The average Bonchev–Trinajstić information content (AvgIpc) is 2.59. The number of methoxy groups -OCH3 is 1. The van der Waals surface area contributed by atoms with Crippen LogP contribution in [0, 0.1) is 0 Å². The summed E-state index contributed by atoms with van der Waals surface area (Å²) in [6.45, 7) is 0. The van der Waals surface area contributed by atoms with E-state index >= 15 is 0 Å². The second-order valence-electron chi connectivity index (χ2n) is 5.30. The van der Waals surface area contributed by atoms with Gasteiger partial charge in [-0.25, -0.2) is 9.59 Å². The van der Waals surface area contributed by atoms with E-state index in [0.29, 0.717) is 16.5 Å². The first-order chi connectivity index (χ1) is 11.2. The predicted octanol–water partition coefficient (Wildman–Crippen LogP) is 3.83. The van der Waals surface area contributed by atoms with Crippen molar-refractivity contribution in [3.05, 3.63) is 65.7 Å². The summed E-state index contributed by atoms with van der Waals surface area (Å²) in [4.78, 5) is 24.3. The lowest BCUT2D eigenvalue weighted by molar-refractivity contribution is 0.0392. The molecule has 0 aliphatic carbocycles. The Morgan fingerprint density at radius 1 is 0.826 bits per heavy atom. The number of carbonyl (C=O) groups excluding carboxylic acids is 2. The van der Waals surface area contributed by atoms with Crippen molar-refractivity contribution in [3.8, 4) is 16.9 Å². The molecule has 1 aliphatic rings. The topological polar surface area (TPSA) is 52.6 Å². The Hall–Kier alpha value is -3.14. The molecule has 0 amide bonds. The highest BCUT2D eigenvalue weighted by Crippen LogP contribution is 2.36. The van der Waals surface area contributed by atoms with Crippen LogP contribution in [0.2, 0.25) is 0 Å². The molecule has 3 aromatic carbocycles. The maximum absolute atomic E-state index is 12.3. The van der Waals surface area contributed by atoms with Crippen molar-refractivity contribution in [1.29, 1.82) is 0 Å². The zero-order valence-corrected chi connectivity index (χ0v) is 12.3. The minimum Gasteiger partial charge on any atom is -0.497 e. The van der Waals surface area contributed by atoms with E-state index < -0.39 is 11.9 Å². The van der Waals surface area contributed by atoms with E-state index in [2.05, 4.69) is 0 Å². The van der Waals surface area contributed by atoms with Crippen molar-refractivity contribution in [2.24, 2.45) is 0 Å². The number of esters is 2. The lowest BCUT2D eigenvalue weighted by atomic mass is 9.90. The van der Waals surface area contributed by atoms with Crippen molar-refractivity contribution in [2.45, 2.75) is 0 Å². The van der Waals surface area contributed by atoms with Crippen molar-refractivity contribution >= 4 is 22.7 Å². The molecular weight excluding hydrogens is 292 g/mol. The molecular formula is C19H12O4. The Balaban J connectivity index is 2.04. The number of rotatable bonds is 2. The molecule has 0 bridgehead atoms. The smallest absolute Gasteiger partial charge is 0.347 e. The highest BCUT2D eigenvalue weighted by atomic mass is 16.6. The fraction of sp³-hybridized carbons (Fsp3) is 0.0526. The Labute approximate surface area is 132 Å². The molecule has 0 radical (unpaired) electrons. The van der Waals surface area contributed by atoms with E-state index in [1.54, 1.807) is 19.2 Å². The second-order valence-corrected chi connectivity index (χ2v) is 5.30. The first-order valence-electron chi connectivity index (χ1n) is 7.15. The van der Waals surface area contributed by atoms with Crippen LogP contribution in [0.5, 0.6) is 5.75 Å². The van der Waals surface area contributed by atoms with Crippen molar-refractivity contribution in [2.75, 3.05) is 7.11 Å². The van der Waals surface area contributed by atoms with Crippen LogP contribution in [0.3, 0.4) is 0 Å². The van der Waals surface area contributed by atoms with Gasteiger partial charge in [-0.15, -0.1) is 0 Å². The lowest BCUT2D eigenvalue weighted by Crippen LogP contribution is -2.20. The quantitative estimate of drug-likeness (QED) is 0.533. The van der Waals surface area contributed by atoms with Crippen LogP contribution in [-0.2, 0) is 4.74 Å². The minimum absolute atomic E-state index is 0.424. The maximum atomic E-state index is 12.3. The number of hydrogen-bond acceptors (Lipinski definition) is 4. The molecule has 0 unspecified atom stereocenters. The zero-order chi connectivity index (χ0) is 16.0. The molecule has 23 heavy (non-hydrogen) atoms. The van der Waals surface area contributed by atoms with Crippen LogP contribution in [0.15, 0.2) is 54.6 Å². The predicted molar refractivity (Wildman–Crippen MR) is 85.7 cm³/mol. The van der Waals surface area contributed by atoms with Crippen molar-refractivity contribution in [1.82, 2.24) is 0 Å². The van der Waals surface area contributed by atoms with Crippen LogP contribution in [0.25, 0.3) is 21.9 Å². The highest BCUT2D eigenvalue weighted by molar-refractivity contribution is 6.23. The summed E-state index contributed by atoms with van der Waals surface area (Å²) < 4.78 is 10.1. The summed E-state index contributed by atoms with van der Waals surface area (Å²) in [6.07, 6.45) is 0. The number of carbonyl (C=O) groups is 2. The third-order valence-corrected chi connectivity index (χ3v) is 4.06. The van der Waals surface area contributed by atoms with Gasteiger partial charge in [0.1, 0.15) is 5.75 Å². The monoisotopic (exact) mass is 304 g/mol. The molecule has 1 aliphatic heterocycles. The first-order valence-corrected chi connectivity index (χ1v) is 7.15. The first kappa shape index (κ1) is 13.5. The molecule has 0 saturated carbocycles. The lowest BCUT2D eigenvalue weighted by Gasteiger charge is -2.18. The molecule has 0 spiro atoms. The van der Waals surface area contributed by atoms with E-state index in [9.17, 15) is 9.59 Å². The molecule has 4 nitrogen and oxygen atoms in total. The molecule has 3 aromatic rings. The van der Waals surface area contributed by atoms with Gasteiger partial charge in [0.05, 0.1) is 18.2 Å². The van der Waals surface area contributed by atoms with E-state index in [-0.39, 0.29) is 0 Å². The molecule has 0 atom stereocenters. The molecule has 4 heteroatoms. The van der Waals surface area contributed by atoms with Crippen LogP contribution < -0.4 is 4.74 Å². The Bertz CT molecular complexity index is 955. The van der Waals surface area contributed by atoms with Crippen LogP contribution in [-0.4, -0.2) is 19.0 Å². The summed E-state index contributed by atoms with van der Waals surface area (Å²) in [6, 6.07) is 16.5. The van der Waals surface area contributed by atoms with Gasteiger partial charge in [0, 0.05) is 5.39 Å². The Morgan fingerprint density at radius 2 is 1.61 bits per heavy atom. The van der Waals surface area contributed by atoms with Crippen LogP contribution in [0.4, 0.5) is 0 Å². The minimum atomic E-state index is -0.606. The van der Waals surface area contributed by atoms with E-state index in [1.807, 2.05) is 42.5 Å². The molecule has 0 saturated heterocycles. The highest BCUT2D eigenvalue weighted by Gasteiger charge is 2.29. The molecule has 112 valence electrons. The van der Waals surface area contributed by atoms with Crippen LogP contribution >= 0.6 is 0 Å². The fourth-order valence-electron chi connectivity index (χ4n) is 2.96. The normalized spacial score (nSPS) is 13.1. The van der Waals surface area contributed by atoms with Gasteiger partial charge in [-0.3, -0.25) is 0 Å². The summed E-state index contributed by atoms with van der Waals surface area (Å²) >= 11 is 0. The van der Waals surface area contributed by atoms with Crippen LogP contribution in [0.1, 0.15) is 20.7 Å². The van der Waals surface area contributed by atoms with Gasteiger partial charge >= 0.3 is 11.9 Å². The SMILES string of the molecule is COc1ccc(-c2ccc3cccc4c3c2C(=O)OC4=O)cc1. The van der Waals surface area contributed by atoms with Gasteiger partial charge in [-0.05, 0) is 34.7 Å². The Morgan fingerprint density at radius 3 is 2.35 bits per heavy atom. The molecule has 0 fully saturated rings. The van der Waals surface area contributed by atoms with Crippen molar-refractivity contribution in [3.63, 3.8) is 0 Å². The molecule has 4 rings (SSSR count). The van der Waals surface area contributed by atoms with Gasteiger partial charge in [-0.1, -0.05) is 36.4 Å². The van der Waals surface area contributed by atoms with Gasteiger partial charge in [0.15, 0.2) is 0 Å². The summed E-state index contributed by atoms with van der Waals surface area (Å²) in [7, 11) is 1.60. The maximum Gasteiger partial charge on any atom is 0.347 e.